The van der Waals surface area contributed by atoms with Crippen LogP contribution in [0.15, 0.2) is 461 Å². The van der Waals surface area contributed by atoms with Gasteiger partial charge in [0.25, 0.3) is 6.71 Å². The average molecular weight is 1500 g/mol. The molecule has 0 saturated heterocycles. The van der Waals surface area contributed by atoms with Gasteiger partial charge >= 0.3 is 0 Å². The van der Waals surface area contributed by atoms with E-state index < -0.39 is 0 Å². The number of fused-ring (bicyclic) bond motifs is 7. The van der Waals surface area contributed by atoms with Gasteiger partial charge < -0.3 is 14.4 Å². The fourth-order valence-corrected chi connectivity index (χ4v) is 18.6. The first kappa shape index (κ1) is 69.4. The first-order chi connectivity index (χ1) is 58.5. The van der Waals surface area contributed by atoms with E-state index in [4.69, 9.17) is 0 Å². The minimum Gasteiger partial charge on any atom is -0.311 e. The van der Waals surface area contributed by atoms with E-state index in [0.717, 1.165) is 117 Å². The minimum atomic E-state index is -0.270. The lowest BCUT2D eigenvalue weighted by Crippen LogP contribution is -2.61. The zero-order valence-corrected chi connectivity index (χ0v) is 64.8. The highest BCUT2D eigenvalue weighted by molar-refractivity contribution is 7.00. The van der Waals surface area contributed by atoms with E-state index in [2.05, 4.69) is 475 Å². The Bertz CT molecular complexity index is 6670. The standard InChI is InChI=1S/C114H76BN3/c1-9-31-77(32-10-1)83-43-29-45-87(63-83)100-51-25-27-53-102(100)89-57-61-108-106(71-89)115-107-72-90(103-54-28-26-52-101(103)88-46-30-44-84(64-88)78-33-11-2-12-34-78)58-62-109(107)117(98-49-23-8-24-50-98)113-76-99(75-112(114(113)115)116(108)97-47-21-7-22-48-97)118-110-73-85(95-67-91(79-35-13-3-14-36-79)65-92(68-95)80-37-15-4-16-38-80)55-59-104(110)105-60-56-86(74-111(105)118)96-69-93(81-39-17-5-18-40-81)66-94(70-96)82-41-19-6-20-42-82/h1-76H. The van der Waals surface area contributed by atoms with E-state index in [1.54, 1.807) is 0 Å². The van der Waals surface area contributed by atoms with E-state index >= 15 is 0 Å². The van der Waals surface area contributed by atoms with Gasteiger partial charge in [0.1, 0.15) is 0 Å². The summed E-state index contributed by atoms with van der Waals surface area (Å²) in [6.45, 7) is -0.270. The molecular weight excluding hydrogens is 1420 g/mol. The van der Waals surface area contributed by atoms with Crippen LogP contribution in [0, 0.1) is 0 Å². The monoisotopic (exact) mass is 1500 g/mol. The molecular formula is C114H76BN3. The Balaban J connectivity index is 0.819. The van der Waals surface area contributed by atoms with E-state index in [0.29, 0.717) is 0 Å². The smallest absolute Gasteiger partial charge is 0.252 e. The molecule has 19 aromatic carbocycles. The number of para-hydroxylation sites is 2. The number of nitrogens with zero attached hydrogens (tertiary/aromatic N) is 3. The summed E-state index contributed by atoms with van der Waals surface area (Å²) in [4.78, 5) is 5.15. The molecule has 0 N–H and O–H groups in total. The Hall–Kier alpha value is -15.4. The Morgan fingerprint density at radius 2 is 0.398 bits per heavy atom. The van der Waals surface area contributed by atoms with Crippen molar-refractivity contribution in [1.82, 2.24) is 4.57 Å². The van der Waals surface area contributed by atoms with Crippen LogP contribution in [0.4, 0.5) is 34.1 Å². The van der Waals surface area contributed by atoms with Crippen LogP contribution in [0.25, 0.3) is 161 Å². The zero-order chi connectivity index (χ0) is 78.0. The van der Waals surface area contributed by atoms with Crippen molar-refractivity contribution in [2.24, 2.45) is 0 Å². The van der Waals surface area contributed by atoms with E-state index in [1.807, 2.05) is 0 Å². The lowest BCUT2D eigenvalue weighted by atomic mass is 9.33. The van der Waals surface area contributed by atoms with Crippen LogP contribution in [0.3, 0.4) is 0 Å². The topological polar surface area (TPSA) is 11.4 Å². The molecule has 0 fully saturated rings. The zero-order valence-electron chi connectivity index (χ0n) is 64.8. The lowest BCUT2D eigenvalue weighted by molar-refractivity contribution is 1.16. The van der Waals surface area contributed by atoms with Crippen molar-refractivity contribution in [3.8, 4) is 139 Å². The molecule has 4 heteroatoms. The van der Waals surface area contributed by atoms with Crippen LogP contribution in [0.5, 0.6) is 0 Å². The van der Waals surface area contributed by atoms with Gasteiger partial charge in [-0.3, -0.25) is 0 Å². The Morgan fingerprint density at radius 3 is 0.729 bits per heavy atom. The number of hydrogen-bond acceptors (Lipinski definition) is 2. The summed E-state index contributed by atoms with van der Waals surface area (Å²) in [5.41, 5.74) is 41.4. The van der Waals surface area contributed by atoms with Crippen LogP contribution in [-0.4, -0.2) is 11.3 Å². The number of benzene rings is 19. The third-order valence-corrected chi connectivity index (χ3v) is 24.1. The van der Waals surface area contributed by atoms with Gasteiger partial charge in [0.2, 0.25) is 0 Å². The molecule has 0 radical (unpaired) electrons. The molecule has 0 unspecified atom stereocenters. The number of aromatic nitrogens is 1. The Kier molecular flexibility index (Phi) is 17.4. The van der Waals surface area contributed by atoms with Crippen molar-refractivity contribution in [2.75, 3.05) is 9.80 Å². The number of rotatable bonds is 15. The molecule has 20 aromatic rings. The maximum Gasteiger partial charge on any atom is 0.252 e. The molecule has 3 heterocycles. The average Bonchev–Trinajstić information content (AvgIpc) is 1.68. The highest BCUT2D eigenvalue weighted by atomic mass is 15.2. The van der Waals surface area contributed by atoms with Crippen LogP contribution >= 0.6 is 0 Å². The summed E-state index contributed by atoms with van der Waals surface area (Å²) in [7, 11) is 0. The molecule has 550 valence electrons. The van der Waals surface area contributed by atoms with Crippen LogP contribution < -0.4 is 26.2 Å². The van der Waals surface area contributed by atoms with Gasteiger partial charge in [-0.25, -0.2) is 0 Å². The molecule has 0 aliphatic carbocycles. The lowest BCUT2D eigenvalue weighted by Gasteiger charge is -2.44. The van der Waals surface area contributed by atoms with Crippen LogP contribution in [0.1, 0.15) is 0 Å². The maximum atomic E-state index is 2.60. The quantitative estimate of drug-likeness (QED) is 0.0948. The van der Waals surface area contributed by atoms with Crippen molar-refractivity contribution in [2.45, 2.75) is 0 Å². The number of hydrogen-bond donors (Lipinski definition) is 0. The third kappa shape index (κ3) is 12.5. The summed E-state index contributed by atoms with van der Waals surface area (Å²) in [6.07, 6.45) is 0. The van der Waals surface area contributed by atoms with Gasteiger partial charge in [-0.05, 0) is 259 Å². The second-order valence-electron chi connectivity index (χ2n) is 31.1. The van der Waals surface area contributed by atoms with Crippen LogP contribution in [-0.2, 0) is 0 Å². The van der Waals surface area contributed by atoms with Gasteiger partial charge in [-0.2, -0.15) is 0 Å². The summed E-state index contributed by atoms with van der Waals surface area (Å²) in [5.74, 6) is 0. The number of anilines is 6. The second-order valence-corrected chi connectivity index (χ2v) is 31.1. The van der Waals surface area contributed by atoms with Gasteiger partial charge in [0.05, 0.1) is 16.7 Å². The van der Waals surface area contributed by atoms with Gasteiger partial charge in [-0.15, -0.1) is 0 Å². The molecule has 2 aliphatic heterocycles. The highest BCUT2D eigenvalue weighted by Crippen LogP contribution is 2.50. The highest BCUT2D eigenvalue weighted by Gasteiger charge is 2.44. The largest absolute Gasteiger partial charge is 0.311 e. The maximum absolute atomic E-state index is 2.60. The first-order valence-corrected chi connectivity index (χ1v) is 40.8. The Morgan fingerprint density at radius 1 is 0.153 bits per heavy atom. The van der Waals surface area contributed by atoms with Gasteiger partial charge in [-0.1, -0.05) is 352 Å². The molecule has 0 amide bonds. The molecule has 0 spiro atoms. The first-order valence-electron chi connectivity index (χ1n) is 40.8. The summed E-state index contributed by atoms with van der Waals surface area (Å²) in [5, 5.41) is 2.32. The summed E-state index contributed by atoms with van der Waals surface area (Å²) in [6, 6.07) is 171. The SMILES string of the molecule is c1ccc(-c2cc(-c3ccccc3)cc(-c3ccc4c5ccc(-c6cc(-c7ccccc7)cc(-c7ccccc7)c6)cc5n(-c5cc6c7c(c5)N(c5ccccc5)c5ccc(-c8ccccc8-c8cccc(-c9ccccc9)c8)cc5B7c5cc(-c7ccccc7-c7cccc(-c8ccccc8)c7)ccc5N6c5ccccc5)c4c3)c2)cc1. The molecule has 0 saturated carbocycles. The second kappa shape index (κ2) is 29.6. The van der Waals surface area contributed by atoms with Gasteiger partial charge in [0.15, 0.2) is 0 Å². The third-order valence-electron chi connectivity index (χ3n) is 24.1. The van der Waals surface area contributed by atoms with Crippen molar-refractivity contribution >= 4 is 79.0 Å². The molecule has 0 atom stereocenters. The van der Waals surface area contributed by atoms with Crippen LogP contribution in [0.2, 0.25) is 0 Å². The molecule has 3 nitrogen and oxygen atoms in total. The van der Waals surface area contributed by atoms with Crippen molar-refractivity contribution < 1.29 is 0 Å². The summed E-state index contributed by atoms with van der Waals surface area (Å²) >= 11 is 0. The molecule has 0 bridgehead atoms. The predicted octanol–water partition coefficient (Wildman–Crippen LogP) is 28.9. The molecule has 1 aromatic heterocycles. The minimum absolute atomic E-state index is 0.270. The van der Waals surface area contributed by atoms with E-state index in [1.165, 1.54) is 94.3 Å². The van der Waals surface area contributed by atoms with Crippen molar-refractivity contribution in [3.05, 3.63) is 461 Å². The van der Waals surface area contributed by atoms with E-state index in [-0.39, 0.29) is 6.71 Å². The fraction of sp³-hybridized carbons (Fsp3) is 0. The van der Waals surface area contributed by atoms with Gasteiger partial charge in [0, 0.05) is 44.9 Å². The Labute approximate surface area is 689 Å². The summed E-state index contributed by atoms with van der Waals surface area (Å²) < 4.78 is 2.60. The molecule has 2 aliphatic rings. The van der Waals surface area contributed by atoms with Crippen molar-refractivity contribution in [3.63, 3.8) is 0 Å². The molecule has 22 rings (SSSR count). The fourth-order valence-electron chi connectivity index (χ4n) is 18.6. The molecule has 118 heavy (non-hydrogen) atoms. The predicted molar refractivity (Wildman–Crippen MR) is 500 cm³/mol. The normalized spacial score (nSPS) is 12.0. The van der Waals surface area contributed by atoms with E-state index in [9.17, 15) is 0 Å². The van der Waals surface area contributed by atoms with Crippen molar-refractivity contribution in [1.29, 1.82) is 0 Å².